The Hall–Kier alpha value is -1.06. The molecular formula is C13H23NO3. The van der Waals surface area contributed by atoms with Gasteiger partial charge in [0.05, 0.1) is 11.8 Å². The second-order valence-electron chi connectivity index (χ2n) is 5.61. The van der Waals surface area contributed by atoms with Crippen molar-refractivity contribution in [2.45, 2.75) is 40.0 Å². The van der Waals surface area contributed by atoms with Gasteiger partial charge in [-0.05, 0) is 31.1 Å². The highest BCUT2D eigenvalue weighted by atomic mass is 16.4. The molecule has 0 aliphatic heterocycles. The van der Waals surface area contributed by atoms with Crippen molar-refractivity contribution >= 4 is 11.9 Å². The van der Waals surface area contributed by atoms with Crippen LogP contribution in [0.25, 0.3) is 0 Å². The van der Waals surface area contributed by atoms with Crippen molar-refractivity contribution in [1.82, 2.24) is 5.32 Å². The van der Waals surface area contributed by atoms with Gasteiger partial charge in [-0.3, -0.25) is 9.59 Å². The third-order valence-corrected chi connectivity index (χ3v) is 3.45. The van der Waals surface area contributed by atoms with Crippen LogP contribution in [0.2, 0.25) is 0 Å². The number of carbonyl (C=O) groups excluding carboxylic acids is 1. The van der Waals surface area contributed by atoms with E-state index in [1.807, 2.05) is 13.8 Å². The van der Waals surface area contributed by atoms with Crippen molar-refractivity contribution in [3.63, 3.8) is 0 Å². The van der Waals surface area contributed by atoms with Crippen molar-refractivity contribution in [3.05, 3.63) is 0 Å². The topological polar surface area (TPSA) is 66.4 Å². The fraction of sp³-hybridized carbons (Fsp3) is 0.846. The third kappa shape index (κ3) is 4.02. The van der Waals surface area contributed by atoms with Crippen LogP contribution >= 0.6 is 0 Å². The molecule has 1 aliphatic carbocycles. The van der Waals surface area contributed by atoms with Crippen molar-refractivity contribution in [2.75, 3.05) is 6.54 Å². The summed E-state index contributed by atoms with van der Waals surface area (Å²) in [6.07, 6.45) is 2.26. The fourth-order valence-corrected chi connectivity index (χ4v) is 2.40. The summed E-state index contributed by atoms with van der Waals surface area (Å²) < 4.78 is 0. The van der Waals surface area contributed by atoms with Gasteiger partial charge in [0.25, 0.3) is 0 Å². The van der Waals surface area contributed by atoms with E-state index in [4.69, 9.17) is 0 Å². The number of carboxylic acids is 1. The van der Waals surface area contributed by atoms with Crippen molar-refractivity contribution in [2.24, 2.45) is 23.7 Å². The summed E-state index contributed by atoms with van der Waals surface area (Å²) in [5.74, 6) is -0.970. The van der Waals surface area contributed by atoms with Crippen LogP contribution < -0.4 is 5.32 Å². The van der Waals surface area contributed by atoms with E-state index in [0.29, 0.717) is 31.2 Å². The molecule has 0 aromatic heterocycles. The SMILES string of the molecule is CC(C)CNC(=O)C1CCC(C)CC1C(=O)O. The van der Waals surface area contributed by atoms with E-state index in [-0.39, 0.29) is 11.8 Å². The zero-order valence-corrected chi connectivity index (χ0v) is 10.9. The van der Waals surface area contributed by atoms with Gasteiger partial charge >= 0.3 is 5.97 Å². The highest BCUT2D eigenvalue weighted by Gasteiger charge is 2.37. The van der Waals surface area contributed by atoms with E-state index in [1.165, 1.54) is 0 Å². The minimum atomic E-state index is -0.832. The van der Waals surface area contributed by atoms with E-state index >= 15 is 0 Å². The van der Waals surface area contributed by atoms with E-state index in [9.17, 15) is 14.7 Å². The number of amides is 1. The van der Waals surface area contributed by atoms with Gasteiger partial charge < -0.3 is 10.4 Å². The summed E-state index contributed by atoms with van der Waals surface area (Å²) in [7, 11) is 0. The Labute approximate surface area is 103 Å². The molecule has 1 rings (SSSR count). The Morgan fingerprint density at radius 1 is 1.29 bits per heavy atom. The molecular weight excluding hydrogens is 218 g/mol. The first-order valence-electron chi connectivity index (χ1n) is 6.42. The fourth-order valence-electron chi connectivity index (χ4n) is 2.40. The van der Waals surface area contributed by atoms with Crippen molar-refractivity contribution in [3.8, 4) is 0 Å². The van der Waals surface area contributed by atoms with Crippen LogP contribution in [-0.2, 0) is 9.59 Å². The molecule has 1 amide bonds. The normalized spacial score (nSPS) is 29.1. The van der Waals surface area contributed by atoms with Gasteiger partial charge in [-0.2, -0.15) is 0 Å². The summed E-state index contributed by atoms with van der Waals surface area (Å²) in [6.45, 7) is 6.73. The van der Waals surface area contributed by atoms with E-state index < -0.39 is 11.9 Å². The van der Waals surface area contributed by atoms with Crippen LogP contribution in [0.3, 0.4) is 0 Å². The lowest BCUT2D eigenvalue weighted by atomic mass is 9.74. The van der Waals surface area contributed by atoms with Crippen molar-refractivity contribution < 1.29 is 14.7 Å². The quantitative estimate of drug-likeness (QED) is 0.790. The Bertz CT molecular complexity index is 288. The first-order chi connectivity index (χ1) is 7.91. The highest BCUT2D eigenvalue weighted by Crippen LogP contribution is 2.34. The summed E-state index contributed by atoms with van der Waals surface area (Å²) in [4.78, 5) is 23.1. The molecule has 0 heterocycles. The molecule has 0 radical (unpaired) electrons. The number of hydrogen-bond donors (Lipinski definition) is 2. The first-order valence-corrected chi connectivity index (χ1v) is 6.42. The van der Waals surface area contributed by atoms with Gasteiger partial charge in [0.2, 0.25) is 5.91 Å². The van der Waals surface area contributed by atoms with Gasteiger partial charge in [0, 0.05) is 6.54 Å². The average molecular weight is 241 g/mol. The Morgan fingerprint density at radius 3 is 2.47 bits per heavy atom. The molecule has 3 atom stereocenters. The molecule has 0 aromatic rings. The lowest BCUT2D eigenvalue weighted by molar-refractivity contribution is -0.149. The monoisotopic (exact) mass is 241 g/mol. The minimum absolute atomic E-state index is 0.0852. The maximum Gasteiger partial charge on any atom is 0.307 e. The van der Waals surface area contributed by atoms with Gasteiger partial charge in [-0.25, -0.2) is 0 Å². The zero-order chi connectivity index (χ0) is 13.0. The Kier molecular flexibility index (Phi) is 4.97. The first kappa shape index (κ1) is 14.0. The van der Waals surface area contributed by atoms with Gasteiger partial charge in [0.1, 0.15) is 0 Å². The lowest BCUT2D eigenvalue weighted by Gasteiger charge is -2.31. The van der Waals surface area contributed by atoms with Crippen LogP contribution in [0.4, 0.5) is 0 Å². The van der Waals surface area contributed by atoms with E-state index in [0.717, 1.165) is 6.42 Å². The number of aliphatic carboxylic acids is 1. The molecule has 98 valence electrons. The number of nitrogens with one attached hydrogen (secondary N) is 1. The summed E-state index contributed by atoms with van der Waals surface area (Å²) in [5, 5.41) is 12.0. The minimum Gasteiger partial charge on any atom is -0.481 e. The van der Waals surface area contributed by atoms with Crippen molar-refractivity contribution in [1.29, 1.82) is 0 Å². The molecule has 17 heavy (non-hydrogen) atoms. The third-order valence-electron chi connectivity index (χ3n) is 3.45. The van der Waals surface area contributed by atoms with Crippen LogP contribution in [0, 0.1) is 23.7 Å². The molecule has 1 aliphatic rings. The van der Waals surface area contributed by atoms with Crippen LogP contribution in [0.5, 0.6) is 0 Å². The molecule has 0 saturated heterocycles. The average Bonchev–Trinajstić information content (AvgIpc) is 2.25. The molecule has 1 saturated carbocycles. The molecule has 4 nitrogen and oxygen atoms in total. The largest absolute Gasteiger partial charge is 0.481 e. The molecule has 2 N–H and O–H groups in total. The summed E-state index contributed by atoms with van der Waals surface area (Å²) in [5.41, 5.74) is 0. The second kappa shape index (κ2) is 6.03. The number of carbonyl (C=O) groups is 2. The number of carboxylic acid groups (broad SMARTS) is 1. The molecule has 0 bridgehead atoms. The van der Waals surface area contributed by atoms with Gasteiger partial charge in [-0.15, -0.1) is 0 Å². The summed E-state index contributed by atoms with van der Waals surface area (Å²) >= 11 is 0. The van der Waals surface area contributed by atoms with Crippen LogP contribution in [0.1, 0.15) is 40.0 Å². The molecule has 0 spiro atoms. The second-order valence-corrected chi connectivity index (χ2v) is 5.61. The van der Waals surface area contributed by atoms with Crippen LogP contribution in [-0.4, -0.2) is 23.5 Å². The van der Waals surface area contributed by atoms with E-state index in [1.54, 1.807) is 0 Å². The maximum absolute atomic E-state index is 11.9. The van der Waals surface area contributed by atoms with E-state index in [2.05, 4.69) is 12.2 Å². The smallest absolute Gasteiger partial charge is 0.307 e. The molecule has 3 unspecified atom stereocenters. The molecule has 4 heteroatoms. The number of hydrogen-bond acceptors (Lipinski definition) is 2. The van der Waals surface area contributed by atoms with Crippen LogP contribution in [0.15, 0.2) is 0 Å². The predicted octanol–water partition coefficient (Wildman–Crippen LogP) is 1.90. The predicted molar refractivity (Wildman–Crippen MR) is 65.5 cm³/mol. The maximum atomic E-state index is 11.9. The molecule has 1 fully saturated rings. The lowest BCUT2D eigenvalue weighted by Crippen LogP contribution is -2.42. The highest BCUT2D eigenvalue weighted by molar-refractivity contribution is 5.84. The standard InChI is InChI=1S/C13H23NO3/c1-8(2)7-14-12(15)10-5-4-9(3)6-11(10)13(16)17/h8-11H,4-7H2,1-3H3,(H,14,15)(H,16,17). The van der Waals surface area contributed by atoms with Gasteiger partial charge in [0.15, 0.2) is 0 Å². The van der Waals surface area contributed by atoms with Gasteiger partial charge in [-0.1, -0.05) is 20.8 Å². The summed E-state index contributed by atoms with van der Waals surface area (Å²) in [6, 6.07) is 0. The Balaban J connectivity index is 2.60. The Morgan fingerprint density at radius 2 is 1.94 bits per heavy atom. The molecule has 0 aromatic carbocycles. The number of rotatable bonds is 4. The zero-order valence-electron chi connectivity index (χ0n) is 10.9.